The predicted molar refractivity (Wildman–Crippen MR) is 74.7 cm³/mol. The molecule has 2 N–H and O–H groups in total. The van der Waals surface area contributed by atoms with Crippen LogP contribution in [0.1, 0.15) is 25.0 Å². The summed E-state index contributed by atoms with van der Waals surface area (Å²) in [5.74, 6) is 1.45. The minimum absolute atomic E-state index is 0.000518. The number of aliphatic hydroxyl groups is 1. The van der Waals surface area contributed by atoms with Crippen molar-refractivity contribution in [3.05, 3.63) is 36.4 Å². The quantitative estimate of drug-likeness (QED) is 0.771. The molecule has 0 spiro atoms. The minimum atomic E-state index is -0.569. The standard InChI is InChI=1S/C15H21NO3/c1-3-7-16-12(4-2)15(17)11-5-6-13-14(10-11)19-9-8-18-13/h3,5-6,10,12,15-17H,1,4,7-9H2,2H3. The normalized spacial score (nSPS) is 16.7. The summed E-state index contributed by atoms with van der Waals surface area (Å²) in [6.07, 6.45) is 2.06. The molecule has 0 radical (unpaired) electrons. The number of rotatable bonds is 6. The maximum Gasteiger partial charge on any atom is 0.161 e. The molecule has 0 saturated carbocycles. The van der Waals surface area contributed by atoms with Crippen molar-refractivity contribution in [2.45, 2.75) is 25.5 Å². The van der Waals surface area contributed by atoms with E-state index in [-0.39, 0.29) is 6.04 Å². The molecule has 104 valence electrons. The fourth-order valence-corrected chi connectivity index (χ4v) is 2.19. The van der Waals surface area contributed by atoms with Crippen molar-refractivity contribution in [3.63, 3.8) is 0 Å². The van der Waals surface area contributed by atoms with Gasteiger partial charge in [0.15, 0.2) is 11.5 Å². The highest BCUT2D eigenvalue weighted by molar-refractivity contribution is 5.44. The molecule has 0 amide bonds. The summed E-state index contributed by atoms with van der Waals surface area (Å²) in [4.78, 5) is 0. The van der Waals surface area contributed by atoms with E-state index in [1.807, 2.05) is 25.1 Å². The summed E-state index contributed by atoms with van der Waals surface area (Å²) in [6, 6.07) is 5.60. The third-order valence-corrected chi connectivity index (χ3v) is 3.25. The Labute approximate surface area is 114 Å². The molecule has 0 saturated heterocycles. The van der Waals surface area contributed by atoms with Gasteiger partial charge in [0.05, 0.1) is 6.10 Å². The Bertz CT molecular complexity index is 433. The van der Waals surface area contributed by atoms with Gasteiger partial charge in [0.25, 0.3) is 0 Å². The second-order valence-electron chi connectivity index (χ2n) is 4.56. The van der Waals surface area contributed by atoms with Crippen LogP contribution in [-0.2, 0) is 0 Å². The molecule has 2 rings (SSSR count). The third kappa shape index (κ3) is 3.28. The van der Waals surface area contributed by atoms with Crippen molar-refractivity contribution in [1.29, 1.82) is 0 Å². The molecule has 0 bridgehead atoms. The number of benzene rings is 1. The summed E-state index contributed by atoms with van der Waals surface area (Å²) in [5, 5.41) is 13.7. The molecule has 0 aromatic heterocycles. The summed E-state index contributed by atoms with van der Waals surface area (Å²) >= 11 is 0. The summed E-state index contributed by atoms with van der Waals surface area (Å²) < 4.78 is 11.0. The molecule has 2 atom stereocenters. The lowest BCUT2D eigenvalue weighted by Crippen LogP contribution is -2.34. The lowest BCUT2D eigenvalue weighted by atomic mass is 9.99. The highest BCUT2D eigenvalue weighted by atomic mass is 16.6. The van der Waals surface area contributed by atoms with Crippen LogP contribution in [0.25, 0.3) is 0 Å². The van der Waals surface area contributed by atoms with E-state index in [1.54, 1.807) is 6.08 Å². The molecule has 1 aliphatic rings. The Morgan fingerprint density at radius 2 is 2.11 bits per heavy atom. The topological polar surface area (TPSA) is 50.7 Å². The zero-order valence-electron chi connectivity index (χ0n) is 11.3. The average molecular weight is 263 g/mol. The Hall–Kier alpha value is -1.52. The molecule has 0 fully saturated rings. The van der Waals surface area contributed by atoms with Crippen molar-refractivity contribution in [3.8, 4) is 11.5 Å². The first-order valence-electron chi connectivity index (χ1n) is 6.68. The highest BCUT2D eigenvalue weighted by Gasteiger charge is 2.21. The van der Waals surface area contributed by atoms with Gasteiger partial charge in [-0.2, -0.15) is 0 Å². The van der Waals surface area contributed by atoms with Gasteiger partial charge < -0.3 is 19.9 Å². The van der Waals surface area contributed by atoms with Crippen molar-refractivity contribution >= 4 is 0 Å². The van der Waals surface area contributed by atoms with E-state index in [2.05, 4.69) is 11.9 Å². The first-order chi connectivity index (χ1) is 9.26. The molecular weight excluding hydrogens is 242 g/mol. The minimum Gasteiger partial charge on any atom is -0.486 e. The SMILES string of the molecule is C=CCNC(CC)C(O)c1ccc2c(c1)OCCO2. The van der Waals surface area contributed by atoms with Crippen molar-refractivity contribution in [2.75, 3.05) is 19.8 Å². The van der Waals surface area contributed by atoms with E-state index in [0.29, 0.717) is 25.5 Å². The number of nitrogens with one attached hydrogen (secondary N) is 1. The predicted octanol–water partition coefficient (Wildman–Crippen LogP) is 2.05. The number of fused-ring (bicyclic) bond motifs is 1. The third-order valence-electron chi connectivity index (χ3n) is 3.25. The van der Waals surface area contributed by atoms with Crippen LogP contribution in [-0.4, -0.2) is 30.9 Å². The second-order valence-corrected chi connectivity index (χ2v) is 4.56. The van der Waals surface area contributed by atoms with Gasteiger partial charge in [-0.1, -0.05) is 19.1 Å². The van der Waals surface area contributed by atoms with Gasteiger partial charge in [-0.3, -0.25) is 0 Å². The molecule has 4 nitrogen and oxygen atoms in total. The fraction of sp³-hybridized carbons (Fsp3) is 0.467. The molecule has 1 heterocycles. The van der Waals surface area contributed by atoms with Crippen LogP contribution in [0.5, 0.6) is 11.5 Å². The number of hydrogen-bond donors (Lipinski definition) is 2. The van der Waals surface area contributed by atoms with Gasteiger partial charge >= 0.3 is 0 Å². The number of hydrogen-bond acceptors (Lipinski definition) is 4. The Morgan fingerprint density at radius 1 is 1.37 bits per heavy atom. The van der Waals surface area contributed by atoms with E-state index in [9.17, 15) is 5.11 Å². The molecule has 1 aromatic carbocycles. The van der Waals surface area contributed by atoms with Crippen LogP contribution in [0.2, 0.25) is 0 Å². The number of ether oxygens (including phenoxy) is 2. The van der Waals surface area contributed by atoms with Crippen LogP contribution in [0.4, 0.5) is 0 Å². The molecule has 2 unspecified atom stereocenters. The Balaban J connectivity index is 2.13. The first kappa shape index (κ1) is 13.9. The molecule has 1 aliphatic heterocycles. The molecule has 0 aliphatic carbocycles. The van der Waals surface area contributed by atoms with Gasteiger partial charge in [0.1, 0.15) is 13.2 Å². The van der Waals surface area contributed by atoms with Gasteiger partial charge in [-0.15, -0.1) is 6.58 Å². The van der Waals surface area contributed by atoms with E-state index in [4.69, 9.17) is 9.47 Å². The van der Waals surface area contributed by atoms with Crippen molar-refractivity contribution in [2.24, 2.45) is 0 Å². The molecule has 4 heteroatoms. The Kier molecular flexibility index (Phi) is 4.82. The van der Waals surface area contributed by atoms with Crippen LogP contribution in [0, 0.1) is 0 Å². The van der Waals surface area contributed by atoms with Crippen LogP contribution in [0.3, 0.4) is 0 Å². The zero-order valence-corrected chi connectivity index (χ0v) is 11.3. The van der Waals surface area contributed by atoms with Crippen LogP contribution in [0.15, 0.2) is 30.9 Å². The molecule has 19 heavy (non-hydrogen) atoms. The van der Waals surface area contributed by atoms with Gasteiger partial charge in [-0.25, -0.2) is 0 Å². The van der Waals surface area contributed by atoms with Gasteiger partial charge in [-0.05, 0) is 24.1 Å². The summed E-state index contributed by atoms with van der Waals surface area (Å²) in [6.45, 7) is 7.53. The highest BCUT2D eigenvalue weighted by Crippen LogP contribution is 2.33. The largest absolute Gasteiger partial charge is 0.486 e. The van der Waals surface area contributed by atoms with E-state index in [0.717, 1.165) is 17.7 Å². The molecular formula is C15H21NO3. The zero-order chi connectivity index (χ0) is 13.7. The average Bonchev–Trinajstić information content (AvgIpc) is 2.47. The second kappa shape index (κ2) is 6.59. The van der Waals surface area contributed by atoms with Crippen LogP contribution >= 0.6 is 0 Å². The van der Waals surface area contributed by atoms with E-state index in [1.165, 1.54) is 0 Å². The van der Waals surface area contributed by atoms with Gasteiger partial charge in [0, 0.05) is 12.6 Å². The fourth-order valence-electron chi connectivity index (χ4n) is 2.19. The van der Waals surface area contributed by atoms with E-state index < -0.39 is 6.10 Å². The first-order valence-corrected chi connectivity index (χ1v) is 6.68. The lowest BCUT2D eigenvalue weighted by molar-refractivity contribution is 0.126. The summed E-state index contributed by atoms with van der Waals surface area (Å²) in [7, 11) is 0. The van der Waals surface area contributed by atoms with Crippen molar-refractivity contribution in [1.82, 2.24) is 5.32 Å². The lowest BCUT2D eigenvalue weighted by Gasteiger charge is -2.25. The van der Waals surface area contributed by atoms with Gasteiger partial charge in [0.2, 0.25) is 0 Å². The molecule has 1 aromatic rings. The Morgan fingerprint density at radius 3 is 2.79 bits per heavy atom. The summed E-state index contributed by atoms with van der Waals surface area (Å²) in [5.41, 5.74) is 0.840. The maximum atomic E-state index is 10.4. The van der Waals surface area contributed by atoms with E-state index >= 15 is 0 Å². The smallest absolute Gasteiger partial charge is 0.161 e. The monoisotopic (exact) mass is 263 g/mol. The van der Waals surface area contributed by atoms with Crippen LogP contribution < -0.4 is 14.8 Å². The maximum absolute atomic E-state index is 10.4. The van der Waals surface area contributed by atoms with Crippen molar-refractivity contribution < 1.29 is 14.6 Å². The number of aliphatic hydroxyl groups excluding tert-OH is 1.